The molecule has 2 fully saturated rings. The number of carbonyl (C=O) groups is 1. The predicted octanol–water partition coefficient (Wildman–Crippen LogP) is 0.749. The SMILES string of the molecule is O=C(CC1CSCCN1)NCC1CCCCC1O. The van der Waals surface area contributed by atoms with Crippen LogP contribution in [0.3, 0.4) is 0 Å². The third kappa shape index (κ3) is 4.44. The van der Waals surface area contributed by atoms with Gasteiger partial charge in [-0.25, -0.2) is 0 Å². The van der Waals surface area contributed by atoms with Crippen molar-refractivity contribution in [3.63, 3.8) is 0 Å². The molecule has 1 heterocycles. The van der Waals surface area contributed by atoms with Crippen LogP contribution in [-0.2, 0) is 4.79 Å². The average Bonchev–Trinajstić information content (AvgIpc) is 2.39. The van der Waals surface area contributed by atoms with Gasteiger partial charge in [0.25, 0.3) is 0 Å². The van der Waals surface area contributed by atoms with Gasteiger partial charge in [-0.1, -0.05) is 12.8 Å². The molecule has 4 nitrogen and oxygen atoms in total. The Hall–Kier alpha value is -0.260. The van der Waals surface area contributed by atoms with Crippen LogP contribution in [0.15, 0.2) is 0 Å². The number of aliphatic hydroxyl groups is 1. The molecule has 1 saturated carbocycles. The Labute approximate surface area is 113 Å². The lowest BCUT2D eigenvalue weighted by atomic mass is 9.86. The van der Waals surface area contributed by atoms with E-state index in [9.17, 15) is 9.90 Å². The summed E-state index contributed by atoms with van der Waals surface area (Å²) >= 11 is 1.91. The van der Waals surface area contributed by atoms with Gasteiger partial charge in [-0.05, 0) is 12.8 Å². The third-order valence-electron chi connectivity index (χ3n) is 3.86. The van der Waals surface area contributed by atoms with Crippen molar-refractivity contribution < 1.29 is 9.90 Å². The molecule has 1 saturated heterocycles. The molecule has 1 aliphatic heterocycles. The molecule has 18 heavy (non-hydrogen) atoms. The number of hydrogen-bond donors (Lipinski definition) is 3. The molecule has 0 bridgehead atoms. The Morgan fingerprint density at radius 1 is 1.39 bits per heavy atom. The zero-order chi connectivity index (χ0) is 12.8. The van der Waals surface area contributed by atoms with Crippen molar-refractivity contribution in [2.75, 3.05) is 24.6 Å². The van der Waals surface area contributed by atoms with Crippen LogP contribution in [0.2, 0.25) is 0 Å². The van der Waals surface area contributed by atoms with Crippen molar-refractivity contribution in [1.29, 1.82) is 0 Å². The molecule has 0 spiro atoms. The van der Waals surface area contributed by atoms with Gasteiger partial charge >= 0.3 is 0 Å². The third-order valence-corrected chi connectivity index (χ3v) is 4.99. The number of nitrogens with one attached hydrogen (secondary N) is 2. The Bertz CT molecular complexity index is 270. The summed E-state index contributed by atoms with van der Waals surface area (Å²) in [6, 6.07) is 0.319. The summed E-state index contributed by atoms with van der Waals surface area (Å²) in [6.45, 7) is 1.64. The predicted molar refractivity (Wildman–Crippen MR) is 74.7 cm³/mol. The van der Waals surface area contributed by atoms with Crippen LogP contribution in [-0.4, -0.2) is 47.8 Å². The lowest BCUT2D eigenvalue weighted by Gasteiger charge is -2.28. The number of thioether (sulfide) groups is 1. The van der Waals surface area contributed by atoms with Crippen LogP contribution >= 0.6 is 11.8 Å². The minimum Gasteiger partial charge on any atom is -0.393 e. The second-order valence-electron chi connectivity index (χ2n) is 5.35. The van der Waals surface area contributed by atoms with Gasteiger partial charge < -0.3 is 15.7 Å². The van der Waals surface area contributed by atoms with E-state index in [0.29, 0.717) is 19.0 Å². The first-order valence-electron chi connectivity index (χ1n) is 7.01. The molecule has 1 aliphatic carbocycles. The zero-order valence-electron chi connectivity index (χ0n) is 10.9. The number of rotatable bonds is 4. The van der Waals surface area contributed by atoms with Crippen molar-refractivity contribution in [3.8, 4) is 0 Å². The van der Waals surface area contributed by atoms with Crippen LogP contribution in [0, 0.1) is 5.92 Å². The highest BCUT2D eigenvalue weighted by atomic mass is 32.2. The van der Waals surface area contributed by atoms with E-state index in [1.54, 1.807) is 0 Å². The summed E-state index contributed by atoms with van der Waals surface area (Å²) in [5, 5.41) is 16.2. The number of aliphatic hydroxyl groups excluding tert-OH is 1. The zero-order valence-corrected chi connectivity index (χ0v) is 11.7. The first-order valence-corrected chi connectivity index (χ1v) is 8.17. The van der Waals surface area contributed by atoms with Crippen LogP contribution in [0.5, 0.6) is 0 Å². The van der Waals surface area contributed by atoms with E-state index in [4.69, 9.17) is 0 Å². The average molecular weight is 272 g/mol. The summed E-state index contributed by atoms with van der Waals surface area (Å²) < 4.78 is 0. The monoisotopic (exact) mass is 272 g/mol. The molecule has 0 aromatic carbocycles. The summed E-state index contributed by atoms with van der Waals surface area (Å²) in [4.78, 5) is 11.8. The number of hydrogen-bond acceptors (Lipinski definition) is 4. The lowest BCUT2D eigenvalue weighted by molar-refractivity contribution is -0.121. The van der Waals surface area contributed by atoms with E-state index in [1.165, 1.54) is 6.42 Å². The van der Waals surface area contributed by atoms with E-state index in [1.807, 2.05) is 11.8 Å². The highest BCUT2D eigenvalue weighted by Gasteiger charge is 2.24. The van der Waals surface area contributed by atoms with E-state index < -0.39 is 0 Å². The van der Waals surface area contributed by atoms with Gasteiger partial charge in [0.15, 0.2) is 0 Å². The smallest absolute Gasteiger partial charge is 0.221 e. The maximum Gasteiger partial charge on any atom is 0.221 e. The fourth-order valence-electron chi connectivity index (χ4n) is 2.72. The Morgan fingerprint density at radius 2 is 2.22 bits per heavy atom. The molecule has 2 aliphatic rings. The van der Waals surface area contributed by atoms with Gasteiger partial charge in [-0.15, -0.1) is 0 Å². The number of carbonyl (C=O) groups excluding carboxylic acids is 1. The van der Waals surface area contributed by atoms with Gasteiger partial charge in [-0.3, -0.25) is 4.79 Å². The van der Waals surface area contributed by atoms with Gasteiger partial charge in [0, 0.05) is 43.0 Å². The topological polar surface area (TPSA) is 61.4 Å². The van der Waals surface area contributed by atoms with Crippen molar-refractivity contribution in [2.45, 2.75) is 44.2 Å². The van der Waals surface area contributed by atoms with E-state index >= 15 is 0 Å². The molecule has 0 aromatic rings. The molecule has 3 unspecified atom stereocenters. The van der Waals surface area contributed by atoms with Gasteiger partial charge in [0.2, 0.25) is 5.91 Å². The van der Waals surface area contributed by atoms with Gasteiger partial charge in [0.1, 0.15) is 0 Å². The minimum atomic E-state index is -0.220. The van der Waals surface area contributed by atoms with Crippen molar-refractivity contribution >= 4 is 17.7 Å². The maximum atomic E-state index is 11.8. The van der Waals surface area contributed by atoms with Crippen LogP contribution in [0.25, 0.3) is 0 Å². The largest absolute Gasteiger partial charge is 0.393 e. The first-order chi connectivity index (χ1) is 8.75. The molecular formula is C13H24N2O2S. The quantitative estimate of drug-likeness (QED) is 0.707. The first kappa shape index (κ1) is 14.2. The normalized spacial score (nSPS) is 33.1. The lowest BCUT2D eigenvalue weighted by Crippen LogP contribution is -2.43. The molecular weight excluding hydrogens is 248 g/mol. The summed E-state index contributed by atoms with van der Waals surface area (Å²) in [6.07, 6.45) is 4.58. The Kier molecular flexibility index (Phi) is 5.79. The molecule has 104 valence electrons. The number of amides is 1. The molecule has 3 N–H and O–H groups in total. The van der Waals surface area contributed by atoms with Crippen molar-refractivity contribution in [3.05, 3.63) is 0 Å². The Balaban J connectivity index is 1.64. The summed E-state index contributed by atoms with van der Waals surface area (Å²) in [5.41, 5.74) is 0. The van der Waals surface area contributed by atoms with E-state index in [-0.39, 0.29) is 17.9 Å². The van der Waals surface area contributed by atoms with E-state index in [2.05, 4.69) is 10.6 Å². The Morgan fingerprint density at radius 3 is 2.94 bits per heavy atom. The minimum absolute atomic E-state index is 0.118. The molecule has 0 radical (unpaired) electrons. The molecule has 0 aromatic heterocycles. The van der Waals surface area contributed by atoms with Crippen LogP contribution < -0.4 is 10.6 Å². The summed E-state index contributed by atoms with van der Waals surface area (Å²) in [5.74, 6) is 2.55. The van der Waals surface area contributed by atoms with Crippen LogP contribution in [0.1, 0.15) is 32.1 Å². The van der Waals surface area contributed by atoms with Gasteiger partial charge in [-0.2, -0.15) is 11.8 Å². The standard InChI is InChI=1S/C13H24N2O2S/c16-12-4-2-1-3-10(12)8-15-13(17)7-11-9-18-6-5-14-11/h10-12,14,16H,1-9H2,(H,15,17). The maximum absolute atomic E-state index is 11.8. The summed E-state index contributed by atoms with van der Waals surface area (Å²) in [7, 11) is 0. The molecule has 1 amide bonds. The van der Waals surface area contributed by atoms with E-state index in [0.717, 1.165) is 37.3 Å². The van der Waals surface area contributed by atoms with Crippen molar-refractivity contribution in [1.82, 2.24) is 10.6 Å². The fourth-order valence-corrected chi connectivity index (χ4v) is 3.67. The second-order valence-corrected chi connectivity index (χ2v) is 6.50. The fraction of sp³-hybridized carbons (Fsp3) is 0.923. The second kappa shape index (κ2) is 7.36. The highest BCUT2D eigenvalue weighted by Crippen LogP contribution is 2.23. The molecule has 2 rings (SSSR count). The van der Waals surface area contributed by atoms with Crippen LogP contribution in [0.4, 0.5) is 0 Å². The van der Waals surface area contributed by atoms with Crippen molar-refractivity contribution in [2.24, 2.45) is 5.92 Å². The molecule has 5 heteroatoms. The highest BCUT2D eigenvalue weighted by molar-refractivity contribution is 7.99. The van der Waals surface area contributed by atoms with Gasteiger partial charge in [0.05, 0.1) is 6.10 Å². The molecule has 3 atom stereocenters.